The first kappa shape index (κ1) is 11.4. The predicted molar refractivity (Wildman–Crippen MR) is 50.8 cm³/mol. The molecule has 0 aliphatic heterocycles. The van der Waals surface area contributed by atoms with Crippen molar-refractivity contribution >= 4 is 5.91 Å². The number of rotatable bonds is 6. The SMILES string of the molecule is CCCCC(C)NC(C)C(N)=O. The highest BCUT2D eigenvalue weighted by atomic mass is 16.1. The average molecular weight is 172 g/mol. The van der Waals surface area contributed by atoms with Crippen LogP contribution < -0.4 is 11.1 Å². The van der Waals surface area contributed by atoms with Crippen molar-refractivity contribution in [2.24, 2.45) is 5.73 Å². The Labute approximate surface area is 74.7 Å². The molecule has 0 heterocycles. The molecule has 0 fully saturated rings. The average Bonchev–Trinajstić information content (AvgIpc) is 2.00. The molecule has 72 valence electrons. The van der Waals surface area contributed by atoms with Gasteiger partial charge in [-0.15, -0.1) is 0 Å². The van der Waals surface area contributed by atoms with Crippen LogP contribution in [0.4, 0.5) is 0 Å². The van der Waals surface area contributed by atoms with Gasteiger partial charge in [-0.25, -0.2) is 0 Å². The zero-order chi connectivity index (χ0) is 9.56. The Morgan fingerprint density at radius 3 is 2.50 bits per heavy atom. The van der Waals surface area contributed by atoms with Crippen molar-refractivity contribution in [3.63, 3.8) is 0 Å². The summed E-state index contributed by atoms with van der Waals surface area (Å²) in [6.07, 6.45) is 3.49. The van der Waals surface area contributed by atoms with Crippen molar-refractivity contribution in [2.75, 3.05) is 0 Å². The van der Waals surface area contributed by atoms with Crippen LogP contribution in [0.2, 0.25) is 0 Å². The molecule has 0 aromatic rings. The number of hydrogen-bond donors (Lipinski definition) is 2. The molecule has 0 aromatic carbocycles. The van der Waals surface area contributed by atoms with Gasteiger partial charge < -0.3 is 11.1 Å². The van der Waals surface area contributed by atoms with Crippen LogP contribution in [0.25, 0.3) is 0 Å². The molecule has 0 saturated heterocycles. The van der Waals surface area contributed by atoms with Gasteiger partial charge in [-0.2, -0.15) is 0 Å². The highest BCUT2D eigenvalue weighted by Crippen LogP contribution is 2.00. The molecule has 0 spiro atoms. The maximum Gasteiger partial charge on any atom is 0.234 e. The maximum absolute atomic E-state index is 10.7. The van der Waals surface area contributed by atoms with Crippen molar-refractivity contribution < 1.29 is 4.79 Å². The standard InChI is InChI=1S/C9H20N2O/c1-4-5-6-7(2)11-8(3)9(10)12/h7-8,11H,4-6H2,1-3H3,(H2,10,12). The molecule has 0 saturated carbocycles. The molecule has 3 heteroatoms. The largest absolute Gasteiger partial charge is 0.368 e. The lowest BCUT2D eigenvalue weighted by Crippen LogP contribution is -2.43. The zero-order valence-electron chi connectivity index (χ0n) is 8.26. The van der Waals surface area contributed by atoms with E-state index in [2.05, 4.69) is 19.2 Å². The number of carbonyl (C=O) groups is 1. The fourth-order valence-corrected chi connectivity index (χ4v) is 1.10. The van der Waals surface area contributed by atoms with E-state index in [9.17, 15) is 4.79 Å². The van der Waals surface area contributed by atoms with Crippen molar-refractivity contribution in [3.8, 4) is 0 Å². The predicted octanol–water partition coefficient (Wildman–Crippen LogP) is 1.03. The van der Waals surface area contributed by atoms with Gasteiger partial charge in [0.1, 0.15) is 0 Å². The first-order valence-electron chi connectivity index (χ1n) is 4.63. The van der Waals surface area contributed by atoms with Gasteiger partial charge >= 0.3 is 0 Å². The zero-order valence-corrected chi connectivity index (χ0v) is 8.26. The first-order valence-corrected chi connectivity index (χ1v) is 4.63. The van der Waals surface area contributed by atoms with Gasteiger partial charge in [0.05, 0.1) is 6.04 Å². The van der Waals surface area contributed by atoms with Crippen LogP contribution in [-0.2, 0) is 4.79 Å². The molecule has 1 amide bonds. The Morgan fingerprint density at radius 2 is 2.08 bits per heavy atom. The van der Waals surface area contributed by atoms with E-state index in [1.807, 2.05) is 0 Å². The van der Waals surface area contributed by atoms with Gasteiger partial charge in [-0.05, 0) is 20.3 Å². The van der Waals surface area contributed by atoms with Gasteiger partial charge in [-0.3, -0.25) is 4.79 Å². The molecule has 12 heavy (non-hydrogen) atoms. The summed E-state index contributed by atoms with van der Waals surface area (Å²) in [5, 5.41) is 3.14. The van der Waals surface area contributed by atoms with Gasteiger partial charge in [0.25, 0.3) is 0 Å². The minimum absolute atomic E-state index is 0.211. The molecule has 2 atom stereocenters. The maximum atomic E-state index is 10.7. The first-order chi connectivity index (χ1) is 5.57. The molecule has 2 unspecified atom stereocenters. The van der Waals surface area contributed by atoms with Crippen LogP contribution >= 0.6 is 0 Å². The lowest BCUT2D eigenvalue weighted by Gasteiger charge is -2.16. The molecule has 0 radical (unpaired) electrons. The van der Waals surface area contributed by atoms with Gasteiger partial charge in [-0.1, -0.05) is 19.8 Å². The molecular formula is C9H20N2O. The third-order valence-electron chi connectivity index (χ3n) is 1.95. The summed E-state index contributed by atoms with van der Waals surface area (Å²) in [6.45, 7) is 6.03. The number of amides is 1. The highest BCUT2D eigenvalue weighted by molar-refractivity contribution is 5.79. The fraction of sp³-hybridized carbons (Fsp3) is 0.889. The van der Waals surface area contributed by atoms with Gasteiger partial charge in [0.15, 0.2) is 0 Å². The summed E-state index contributed by atoms with van der Waals surface area (Å²) in [5.41, 5.74) is 5.11. The van der Waals surface area contributed by atoms with E-state index in [4.69, 9.17) is 5.73 Å². The summed E-state index contributed by atoms with van der Waals surface area (Å²) in [5.74, 6) is -0.279. The highest BCUT2D eigenvalue weighted by Gasteiger charge is 2.10. The summed E-state index contributed by atoms with van der Waals surface area (Å²) in [6, 6.07) is 0.171. The summed E-state index contributed by atoms with van der Waals surface area (Å²) >= 11 is 0. The number of primary amides is 1. The van der Waals surface area contributed by atoms with E-state index in [-0.39, 0.29) is 11.9 Å². The van der Waals surface area contributed by atoms with E-state index in [1.165, 1.54) is 12.8 Å². The number of nitrogens with two attached hydrogens (primary N) is 1. The van der Waals surface area contributed by atoms with Crippen molar-refractivity contribution in [2.45, 2.75) is 52.1 Å². The minimum atomic E-state index is -0.279. The number of unbranched alkanes of at least 4 members (excludes halogenated alkanes) is 1. The number of nitrogens with one attached hydrogen (secondary N) is 1. The van der Waals surface area contributed by atoms with Gasteiger partial charge in [0, 0.05) is 6.04 Å². The molecule has 0 bridgehead atoms. The topological polar surface area (TPSA) is 55.1 Å². The molecule has 3 nitrogen and oxygen atoms in total. The molecule has 0 rings (SSSR count). The van der Waals surface area contributed by atoms with E-state index in [1.54, 1.807) is 6.92 Å². The third kappa shape index (κ3) is 5.13. The molecule has 0 aliphatic rings. The lowest BCUT2D eigenvalue weighted by atomic mass is 10.1. The van der Waals surface area contributed by atoms with Crippen molar-refractivity contribution in [3.05, 3.63) is 0 Å². The van der Waals surface area contributed by atoms with Crippen LogP contribution in [0.1, 0.15) is 40.0 Å². The normalized spacial score (nSPS) is 15.6. The Balaban J connectivity index is 3.53. The number of hydrogen-bond acceptors (Lipinski definition) is 2. The summed E-state index contributed by atoms with van der Waals surface area (Å²) < 4.78 is 0. The van der Waals surface area contributed by atoms with E-state index >= 15 is 0 Å². The second kappa shape index (κ2) is 6.00. The minimum Gasteiger partial charge on any atom is -0.368 e. The van der Waals surface area contributed by atoms with Crippen molar-refractivity contribution in [1.82, 2.24) is 5.32 Å². The van der Waals surface area contributed by atoms with Crippen LogP contribution in [0.3, 0.4) is 0 Å². The van der Waals surface area contributed by atoms with Crippen molar-refractivity contribution in [1.29, 1.82) is 0 Å². The third-order valence-corrected chi connectivity index (χ3v) is 1.95. The Kier molecular flexibility index (Phi) is 5.72. The van der Waals surface area contributed by atoms with Gasteiger partial charge in [0.2, 0.25) is 5.91 Å². The van der Waals surface area contributed by atoms with Crippen LogP contribution in [0.15, 0.2) is 0 Å². The Hall–Kier alpha value is -0.570. The Bertz CT molecular complexity index is 136. The van der Waals surface area contributed by atoms with E-state index in [0.29, 0.717) is 6.04 Å². The van der Waals surface area contributed by atoms with E-state index in [0.717, 1.165) is 6.42 Å². The summed E-state index contributed by atoms with van der Waals surface area (Å²) in [4.78, 5) is 10.7. The molecule has 0 aliphatic carbocycles. The molecular weight excluding hydrogens is 152 g/mol. The lowest BCUT2D eigenvalue weighted by molar-refractivity contribution is -0.119. The van der Waals surface area contributed by atoms with Crippen LogP contribution in [-0.4, -0.2) is 18.0 Å². The van der Waals surface area contributed by atoms with E-state index < -0.39 is 0 Å². The Morgan fingerprint density at radius 1 is 1.50 bits per heavy atom. The fourth-order valence-electron chi connectivity index (χ4n) is 1.10. The quantitative estimate of drug-likeness (QED) is 0.628. The van der Waals surface area contributed by atoms with Crippen LogP contribution in [0.5, 0.6) is 0 Å². The smallest absolute Gasteiger partial charge is 0.234 e. The second-order valence-electron chi connectivity index (χ2n) is 3.33. The molecule has 0 aromatic heterocycles. The monoisotopic (exact) mass is 172 g/mol. The molecule has 3 N–H and O–H groups in total. The van der Waals surface area contributed by atoms with Crippen LogP contribution in [0, 0.1) is 0 Å². The second-order valence-corrected chi connectivity index (χ2v) is 3.33. The summed E-state index contributed by atoms with van der Waals surface area (Å²) in [7, 11) is 0. The number of carbonyl (C=O) groups excluding carboxylic acids is 1.